The second kappa shape index (κ2) is 11.0. The van der Waals surface area contributed by atoms with Crippen molar-refractivity contribution < 1.29 is 23.4 Å². The van der Waals surface area contributed by atoms with Gasteiger partial charge in [-0.25, -0.2) is 4.39 Å². The van der Waals surface area contributed by atoms with E-state index in [-0.39, 0.29) is 23.1 Å². The fraction of sp³-hybridized carbons (Fsp3) is 0.160. The Hall–Kier alpha value is -3.25. The molecule has 10 heteroatoms. The molecule has 0 aliphatic heterocycles. The highest BCUT2D eigenvalue weighted by molar-refractivity contribution is 14.1. The van der Waals surface area contributed by atoms with E-state index in [1.165, 1.54) is 0 Å². The molecule has 1 aliphatic carbocycles. The van der Waals surface area contributed by atoms with Crippen LogP contribution in [0.4, 0.5) is 4.39 Å². The van der Waals surface area contributed by atoms with Gasteiger partial charge in [-0.1, -0.05) is 12.1 Å². The van der Waals surface area contributed by atoms with E-state index >= 15 is 0 Å². The van der Waals surface area contributed by atoms with Gasteiger partial charge in [-0.2, -0.15) is 0 Å². The molecule has 2 N–H and O–H groups in total. The first kappa shape index (κ1) is 24.9. The summed E-state index contributed by atoms with van der Waals surface area (Å²) in [5.41, 5.74) is 1.37. The Balaban J connectivity index is 1.47. The van der Waals surface area contributed by atoms with E-state index in [0.717, 1.165) is 3.57 Å². The summed E-state index contributed by atoms with van der Waals surface area (Å²) >= 11 is 7.27. The number of fused-ring (bicyclic) bond motifs is 1. The molecule has 180 valence electrons. The number of rotatable bonds is 6. The van der Waals surface area contributed by atoms with Gasteiger partial charge in [0.1, 0.15) is 17.7 Å². The van der Waals surface area contributed by atoms with Gasteiger partial charge in [-0.3, -0.25) is 15.1 Å². The van der Waals surface area contributed by atoms with Crippen molar-refractivity contribution >= 4 is 56.7 Å². The number of nitrogens with one attached hydrogen (secondary N) is 2. The standard InChI is InChI=1S/C25H21FIN3O4S/c1-32-22-12-16-20(13-23(22)33-2)28-10-9-21(16)34-14-7-8-19(17(26)11-14)29-25(35)30-24(31)15-5-3-4-6-18(15)27/h3-10,12-13,17H,11H2,1-2H3,(H2,29,30,31,35). The van der Waals surface area contributed by atoms with E-state index in [0.29, 0.717) is 39.5 Å². The van der Waals surface area contributed by atoms with Gasteiger partial charge in [0.15, 0.2) is 16.6 Å². The third kappa shape index (κ3) is 5.70. The third-order valence-electron chi connectivity index (χ3n) is 5.22. The second-order valence-corrected chi connectivity index (χ2v) is 9.02. The lowest BCUT2D eigenvalue weighted by atomic mass is 10.1. The maximum Gasteiger partial charge on any atom is 0.258 e. The predicted molar refractivity (Wildman–Crippen MR) is 144 cm³/mol. The van der Waals surface area contributed by atoms with E-state index in [9.17, 15) is 9.18 Å². The van der Waals surface area contributed by atoms with E-state index in [1.54, 1.807) is 62.9 Å². The fourth-order valence-electron chi connectivity index (χ4n) is 3.49. The number of amides is 1. The smallest absolute Gasteiger partial charge is 0.258 e. The van der Waals surface area contributed by atoms with Crippen molar-refractivity contribution in [3.8, 4) is 17.2 Å². The Morgan fingerprint density at radius 2 is 1.86 bits per heavy atom. The van der Waals surface area contributed by atoms with Crippen LogP contribution in [0.2, 0.25) is 0 Å². The number of hydrogen-bond acceptors (Lipinski definition) is 6. The average molecular weight is 605 g/mol. The summed E-state index contributed by atoms with van der Waals surface area (Å²) in [7, 11) is 3.10. The summed E-state index contributed by atoms with van der Waals surface area (Å²) < 4.78 is 32.4. The van der Waals surface area contributed by atoms with Crippen molar-refractivity contribution in [2.45, 2.75) is 12.6 Å². The van der Waals surface area contributed by atoms with Crippen molar-refractivity contribution in [3.63, 3.8) is 0 Å². The van der Waals surface area contributed by atoms with Crippen LogP contribution in [0.25, 0.3) is 10.9 Å². The Morgan fingerprint density at radius 3 is 2.57 bits per heavy atom. The average Bonchev–Trinajstić information content (AvgIpc) is 2.85. The van der Waals surface area contributed by atoms with Gasteiger partial charge >= 0.3 is 0 Å². The molecule has 0 radical (unpaired) electrons. The van der Waals surface area contributed by atoms with E-state index in [1.807, 2.05) is 12.1 Å². The SMILES string of the molecule is COc1cc2nccc(OC3=CC=C(NC(=S)NC(=O)c4ccccc4I)C(F)C3)c2cc1OC. The molecule has 0 bridgehead atoms. The molecule has 1 heterocycles. The summed E-state index contributed by atoms with van der Waals surface area (Å²) in [4.78, 5) is 16.8. The molecule has 35 heavy (non-hydrogen) atoms. The lowest BCUT2D eigenvalue weighted by Crippen LogP contribution is -2.41. The quantitative estimate of drug-likeness (QED) is 0.301. The van der Waals surface area contributed by atoms with Crippen LogP contribution in [0.3, 0.4) is 0 Å². The number of aromatic nitrogens is 1. The van der Waals surface area contributed by atoms with Crippen LogP contribution >= 0.6 is 34.8 Å². The maximum absolute atomic E-state index is 14.9. The zero-order chi connectivity index (χ0) is 24.9. The van der Waals surface area contributed by atoms with Gasteiger partial charge in [0, 0.05) is 27.6 Å². The van der Waals surface area contributed by atoms with Crippen LogP contribution in [0, 0.1) is 3.57 Å². The van der Waals surface area contributed by atoms with E-state index < -0.39 is 6.17 Å². The number of pyridine rings is 1. The minimum Gasteiger partial charge on any atom is -0.493 e. The summed E-state index contributed by atoms with van der Waals surface area (Å²) in [5, 5.41) is 6.08. The van der Waals surface area contributed by atoms with Crippen LogP contribution in [0.15, 0.2) is 72.3 Å². The molecule has 4 rings (SSSR count). The molecule has 1 aromatic heterocycles. The number of carbonyl (C=O) groups excluding carboxylic acids is 1. The molecular formula is C25H21FIN3O4S. The molecular weight excluding hydrogens is 584 g/mol. The summed E-state index contributed by atoms with van der Waals surface area (Å²) in [6, 6.07) is 12.3. The Labute approximate surface area is 220 Å². The number of alkyl halides is 1. The number of ether oxygens (including phenoxy) is 3. The van der Waals surface area contributed by atoms with Crippen LogP contribution in [-0.2, 0) is 0 Å². The summed E-state index contributed by atoms with van der Waals surface area (Å²) in [5.74, 6) is 1.66. The number of halogens is 2. The number of carbonyl (C=O) groups is 1. The van der Waals surface area contributed by atoms with E-state index in [4.69, 9.17) is 26.4 Å². The molecule has 1 unspecified atom stereocenters. The van der Waals surface area contributed by atoms with Gasteiger partial charge < -0.3 is 19.5 Å². The van der Waals surface area contributed by atoms with Gasteiger partial charge in [0.25, 0.3) is 5.91 Å². The highest BCUT2D eigenvalue weighted by atomic mass is 127. The minimum atomic E-state index is -1.40. The molecule has 1 atom stereocenters. The molecule has 3 aromatic rings. The largest absolute Gasteiger partial charge is 0.493 e. The topological polar surface area (TPSA) is 81.7 Å². The van der Waals surface area contributed by atoms with Gasteiger partial charge in [-0.05, 0) is 71.2 Å². The minimum absolute atomic E-state index is 0.0108. The number of hydrogen-bond donors (Lipinski definition) is 2. The number of allylic oxidation sites excluding steroid dienone is 4. The van der Waals surface area contributed by atoms with Crippen molar-refractivity contribution in [3.05, 3.63) is 81.4 Å². The number of nitrogens with zero attached hydrogens (tertiary/aromatic N) is 1. The third-order valence-corrected chi connectivity index (χ3v) is 6.36. The fourth-order valence-corrected chi connectivity index (χ4v) is 4.34. The first-order valence-electron chi connectivity index (χ1n) is 10.5. The molecule has 0 spiro atoms. The Kier molecular flexibility index (Phi) is 7.81. The predicted octanol–water partition coefficient (Wildman–Crippen LogP) is 5.05. The van der Waals surface area contributed by atoms with Crippen molar-refractivity contribution in [1.29, 1.82) is 0 Å². The first-order chi connectivity index (χ1) is 16.9. The number of thiocarbonyl (C=S) groups is 1. The lowest BCUT2D eigenvalue weighted by molar-refractivity contribution is 0.0976. The highest BCUT2D eigenvalue weighted by Crippen LogP contribution is 2.36. The normalized spacial score (nSPS) is 15.0. The summed E-state index contributed by atoms with van der Waals surface area (Å²) in [6.45, 7) is 0. The summed E-state index contributed by atoms with van der Waals surface area (Å²) in [6.07, 6.45) is 3.40. The highest BCUT2D eigenvalue weighted by Gasteiger charge is 2.22. The molecule has 0 fully saturated rings. The molecule has 0 saturated carbocycles. The molecule has 7 nitrogen and oxygen atoms in total. The molecule has 2 aromatic carbocycles. The van der Waals surface area contributed by atoms with Crippen LogP contribution in [0.5, 0.6) is 17.2 Å². The van der Waals surface area contributed by atoms with Crippen molar-refractivity contribution in [2.24, 2.45) is 0 Å². The molecule has 1 amide bonds. The zero-order valence-corrected chi connectivity index (χ0v) is 21.8. The van der Waals surface area contributed by atoms with Gasteiger partial charge in [0.2, 0.25) is 0 Å². The van der Waals surface area contributed by atoms with Crippen molar-refractivity contribution in [1.82, 2.24) is 15.6 Å². The Morgan fingerprint density at radius 1 is 1.11 bits per heavy atom. The van der Waals surface area contributed by atoms with Crippen LogP contribution in [-0.4, -0.2) is 36.4 Å². The number of benzene rings is 2. The van der Waals surface area contributed by atoms with Crippen LogP contribution in [0.1, 0.15) is 16.8 Å². The van der Waals surface area contributed by atoms with Gasteiger partial charge in [0.05, 0.1) is 31.0 Å². The monoisotopic (exact) mass is 605 g/mol. The molecule has 0 saturated heterocycles. The second-order valence-electron chi connectivity index (χ2n) is 7.45. The zero-order valence-electron chi connectivity index (χ0n) is 18.8. The van der Waals surface area contributed by atoms with E-state index in [2.05, 4.69) is 38.2 Å². The number of methoxy groups -OCH3 is 2. The lowest BCUT2D eigenvalue weighted by Gasteiger charge is -2.21. The Bertz CT molecular complexity index is 1360. The molecule has 1 aliphatic rings. The maximum atomic E-state index is 14.9. The van der Waals surface area contributed by atoms with Crippen molar-refractivity contribution in [2.75, 3.05) is 14.2 Å². The van der Waals surface area contributed by atoms with Crippen LogP contribution < -0.4 is 24.8 Å². The van der Waals surface area contributed by atoms with Gasteiger partial charge in [-0.15, -0.1) is 0 Å². The first-order valence-corrected chi connectivity index (χ1v) is 12.0.